The molecule has 0 saturated carbocycles. The van der Waals surface area contributed by atoms with E-state index in [9.17, 15) is 0 Å². The molecule has 0 saturated heterocycles. The molecule has 0 aliphatic heterocycles. The molecule has 0 amide bonds. The quantitative estimate of drug-likeness (QED) is 0.633. The van der Waals surface area contributed by atoms with E-state index in [1.54, 1.807) is 7.11 Å². The number of nitrogens with two attached hydrogens (primary N) is 1. The van der Waals surface area contributed by atoms with Gasteiger partial charge in [0.1, 0.15) is 5.75 Å². The SMILES string of the molecule is COc1ccc2c(c1)c(CC(N)=S)c(C)n2Cc1ccc(Br)cc1. The molecule has 24 heavy (non-hydrogen) atoms. The fraction of sp³-hybridized carbons (Fsp3) is 0.211. The van der Waals surface area contributed by atoms with E-state index in [1.807, 2.05) is 6.07 Å². The van der Waals surface area contributed by atoms with Gasteiger partial charge in [0, 0.05) is 34.0 Å². The molecule has 0 bridgehead atoms. The number of ether oxygens (including phenoxy) is 1. The van der Waals surface area contributed by atoms with Crippen LogP contribution in [0.1, 0.15) is 16.8 Å². The highest BCUT2D eigenvalue weighted by molar-refractivity contribution is 9.10. The first-order valence-electron chi connectivity index (χ1n) is 7.68. The molecule has 1 heterocycles. The predicted octanol–water partition coefficient (Wildman–Crippen LogP) is 4.60. The van der Waals surface area contributed by atoms with Crippen LogP contribution in [0, 0.1) is 6.92 Å². The number of hydrogen-bond acceptors (Lipinski definition) is 2. The van der Waals surface area contributed by atoms with Crippen molar-refractivity contribution < 1.29 is 4.74 Å². The molecular formula is C19H19BrN2OS. The summed E-state index contributed by atoms with van der Waals surface area (Å²) in [4.78, 5) is 0.503. The van der Waals surface area contributed by atoms with E-state index in [1.165, 1.54) is 22.3 Å². The summed E-state index contributed by atoms with van der Waals surface area (Å²) >= 11 is 8.63. The summed E-state index contributed by atoms with van der Waals surface area (Å²) in [6.45, 7) is 2.93. The van der Waals surface area contributed by atoms with Gasteiger partial charge in [-0.25, -0.2) is 0 Å². The smallest absolute Gasteiger partial charge is 0.119 e. The zero-order chi connectivity index (χ0) is 17.3. The topological polar surface area (TPSA) is 40.2 Å². The maximum atomic E-state index is 5.82. The second-order valence-corrected chi connectivity index (χ2v) is 7.24. The maximum absolute atomic E-state index is 5.82. The first-order chi connectivity index (χ1) is 11.5. The van der Waals surface area contributed by atoms with E-state index in [-0.39, 0.29) is 0 Å². The molecule has 0 fully saturated rings. The minimum absolute atomic E-state index is 0.503. The highest BCUT2D eigenvalue weighted by Crippen LogP contribution is 2.30. The number of nitrogens with zero attached hydrogens (tertiary/aromatic N) is 1. The summed E-state index contributed by atoms with van der Waals surface area (Å²) in [5, 5.41) is 1.15. The molecule has 1 aromatic heterocycles. The molecule has 0 atom stereocenters. The van der Waals surface area contributed by atoms with Crippen molar-refractivity contribution >= 4 is 44.0 Å². The van der Waals surface area contributed by atoms with Crippen molar-refractivity contribution in [1.82, 2.24) is 4.57 Å². The van der Waals surface area contributed by atoms with Crippen molar-refractivity contribution in [2.45, 2.75) is 19.9 Å². The zero-order valence-corrected chi connectivity index (χ0v) is 16.1. The van der Waals surface area contributed by atoms with Gasteiger partial charge in [0.25, 0.3) is 0 Å². The van der Waals surface area contributed by atoms with Crippen molar-refractivity contribution in [3.63, 3.8) is 0 Å². The molecule has 2 N–H and O–H groups in total. The van der Waals surface area contributed by atoms with E-state index in [4.69, 9.17) is 22.7 Å². The number of thiocarbonyl (C=S) groups is 1. The van der Waals surface area contributed by atoms with Crippen molar-refractivity contribution in [2.75, 3.05) is 7.11 Å². The van der Waals surface area contributed by atoms with E-state index in [0.717, 1.165) is 22.2 Å². The standard InChI is InChI=1S/C19H19BrN2OS/c1-12-16(10-19(21)24)17-9-15(23-2)7-8-18(17)22(12)11-13-3-5-14(20)6-4-13/h3-9H,10-11H2,1-2H3,(H2,21,24). The third-order valence-electron chi connectivity index (χ3n) is 4.27. The summed E-state index contributed by atoms with van der Waals surface area (Å²) in [6, 6.07) is 14.5. The highest BCUT2D eigenvalue weighted by Gasteiger charge is 2.15. The largest absolute Gasteiger partial charge is 0.497 e. The second-order valence-electron chi connectivity index (χ2n) is 5.80. The first kappa shape index (κ1) is 17.0. The monoisotopic (exact) mass is 402 g/mol. The zero-order valence-electron chi connectivity index (χ0n) is 13.7. The summed E-state index contributed by atoms with van der Waals surface area (Å²) in [6.07, 6.45) is 0.595. The van der Waals surface area contributed by atoms with Gasteiger partial charge in [-0.3, -0.25) is 0 Å². The molecule has 0 radical (unpaired) electrons. The molecule has 124 valence electrons. The van der Waals surface area contributed by atoms with Crippen molar-refractivity contribution in [3.8, 4) is 5.75 Å². The number of fused-ring (bicyclic) bond motifs is 1. The molecule has 0 spiro atoms. The Labute approximate surface area is 155 Å². The lowest BCUT2D eigenvalue weighted by Crippen LogP contribution is -2.12. The van der Waals surface area contributed by atoms with Crippen LogP contribution in [0.2, 0.25) is 0 Å². The average Bonchev–Trinajstić information content (AvgIpc) is 2.81. The number of aromatic nitrogens is 1. The van der Waals surface area contributed by atoms with Crippen LogP contribution in [-0.2, 0) is 13.0 Å². The molecule has 3 rings (SSSR count). The molecule has 0 aliphatic rings. The first-order valence-corrected chi connectivity index (χ1v) is 8.88. The minimum atomic E-state index is 0.503. The fourth-order valence-electron chi connectivity index (χ4n) is 3.03. The normalized spacial score (nSPS) is 11.0. The van der Waals surface area contributed by atoms with Crippen LogP contribution in [0.25, 0.3) is 10.9 Å². The lowest BCUT2D eigenvalue weighted by Gasteiger charge is -2.09. The Hall–Kier alpha value is -1.85. The van der Waals surface area contributed by atoms with Gasteiger partial charge in [0.2, 0.25) is 0 Å². The number of hydrogen-bond donors (Lipinski definition) is 1. The van der Waals surface area contributed by atoms with Gasteiger partial charge in [0.15, 0.2) is 0 Å². The summed E-state index contributed by atoms with van der Waals surface area (Å²) in [5.41, 5.74) is 10.6. The molecule has 3 aromatic rings. The van der Waals surface area contributed by atoms with Crippen LogP contribution in [0.3, 0.4) is 0 Å². The third-order valence-corrected chi connectivity index (χ3v) is 4.94. The number of methoxy groups -OCH3 is 1. The number of benzene rings is 2. The van der Waals surface area contributed by atoms with Crippen LogP contribution >= 0.6 is 28.1 Å². The number of halogens is 1. The average molecular weight is 403 g/mol. The molecule has 5 heteroatoms. The molecule has 3 nitrogen and oxygen atoms in total. The summed E-state index contributed by atoms with van der Waals surface area (Å²) in [7, 11) is 1.68. The molecular weight excluding hydrogens is 384 g/mol. The van der Waals surface area contributed by atoms with E-state index < -0.39 is 0 Å². The van der Waals surface area contributed by atoms with Crippen LogP contribution in [0.5, 0.6) is 5.75 Å². The van der Waals surface area contributed by atoms with Gasteiger partial charge >= 0.3 is 0 Å². The lowest BCUT2D eigenvalue weighted by atomic mass is 10.1. The molecule has 2 aromatic carbocycles. The van der Waals surface area contributed by atoms with E-state index in [2.05, 4.69) is 63.8 Å². The Kier molecular flexibility index (Phi) is 4.92. The Morgan fingerprint density at radius 3 is 2.54 bits per heavy atom. The molecule has 0 aliphatic carbocycles. The van der Waals surface area contributed by atoms with E-state index in [0.29, 0.717) is 11.4 Å². The Balaban J connectivity index is 2.14. The summed E-state index contributed by atoms with van der Waals surface area (Å²) < 4.78 is 8.78. The fourth-order valence-corrected chi connectivity index (χ4v) is 3.44. The van der Waals surface area contributed by atoms with Crippen LogP contribution < -0.4 is 10.5 Å². The highest BCUT2D eigenvalue weighted by atomic mass is 79.9. The van der Waals surface area contributed by atoms with Gasteiger partial charge in [-0.1, -0.05) is 40.3 Å². The van der Waals surface area contributed by atoms with Gasteiger partial charge in [-0.15, -0.1) is 0 Å². The van der Waals surface area contributed by atoms with Gasteiger partial charge in [-0.2, -0.15) is 0 Å². The predicted molar refractivity (Wildman–Crippen MR) is 107 cm³/mol. The lowest BCUT2D eigenvalue weighted by molar-refractivity contribution is 0.415. The minimum Gasteiger partial charge on any atom is -0.497 e. The Morgan fingerprint density at radius 1 is 1.21 bits per heavy atom. The van der Waals surface area contributed by atoms with Gasteiger partial charge in [-0.05, 0) is 48.4 Å². The third kappa shape index (κ3) is 3.32. The van der Waals surface area contributed by atoms with Crippen molar-refractivity contribution in [3.05, 3.63) is 63.8 Å². The van der Waals surface area contributed by atoms with Crippen LogP contribution in [-0.4, -0.2) is 16.7 Å². The number of rotatable bonds is 5. The van der Waals surface area contributed by atoms with Gasteiger partial charge < -0.3 is 15.0 Å². The van der Waals surface area contributed by atoms with Crippen LogP contribution in [0.15, 0.2) is 46.9 Å². The van der Waals surface area contributed by atoms with Crippen LogP contribution in [0.4, 0.5) is 0 Å². The Bertz CT molecular complexity index is 900. The maximum Gasteiger partial charge on any atom is 0.119 e. The second kappa shape index (κ2) is 6.95. The Morgan fingerprint density at radius 2 is 1.92 bits per heavy atom. The van der Waals surface area contributed by atoms with Gasteiger partial charge in [0.05, 0.1) is 12.1 Å². The van der Waals surface area contributed by atoms with E-state index >= 15 is 0 Å². The van der Waals surface area contributed by atoms with Crippen molar-refractivity contribution in [2.24, 2.45) is 5.73 Å². The molecule has 0 unspecified atom stereocenters. The van der Waals surface area contributed by atoms with Crippen molar-refractivity contribution in [1.29, 1.82) is 0 Å². The summed E-state index contributed by atoms with van der Waals surface area (Å²) in [5.74, 6) is 0.840.